The van der Waals surface area contributed by atoms with Crippen LogP contribution in [0.3, 0.4) is 0 Å². The van der Waals surface area contributed by atoms with Crippen molar-refractivity contribution >= 4 is 12.1 Å². The van der Waals surface area contributed by atoms with Crippen LogP contribution in [0.5, 0.6) is 0 Å². The normalized spacial score (nSPS) is 13.8. The van der Waals surface area contributed by atoms with E-state index in [0.29, 0.717) is 12.8 Å². The summed E-state index contributed by atoms with van der Waals surface area (Å²) in [6.07, 6.45) is 2.81. The van der Waals surface area contributed by atoms with Gasteiger partial charge in [-0.1, -0.05) is 12.2 Å². The van der Waals surface area contributed by atoms with Gasteiger partial charge in [0.05, 0.1) is 6.07 Å². The number of hydrogen-bond donors (Lipinski definition) is 2. The summed E-state index contributed by atoms with van der Waals surface area (Å²) in [5.74, 6) is -1.20. The second-order valence-corrected chi connectivity index (χ2v) is 5.23. The van der Waals surface area contributed by atoms with Crippen LogP contribution in [0.15, 0.2) is 12.2 Å². The Hall–Kier alpha value is -0.394. The van der Waals surface area contributed by atoms with Gasteiger partial charge in [-0.15, -0.1) is 0 Å². The molecule has 0 spiro atoms. The van der Waals surface area contributed by atoms with Gasteiger partial charge in [-0.05, 0) is 34.1 Å². The minimum Gasteiger partial charge on any atom is -1.00 e. The van der Waals surface area contributed by atoms with Crippen molar-refractivity contribution in [1.82, 2.24) is 5.32 Å². The quantitative estimate of drug-likeness (QED) is 0.399. The van der Waals surface area contributed by atoms with Crippen molar-refractivity contribution in [3.63, 3.8) is 0 Å². The molecule has 2 N–H and O–H groups in total. The average molecular weight is 308 g/mol. The van der Waals surface area contributed by atoms with E-state index >= 15 is 0 Å². The van der Waals surface area contributed by atoms with Crippen LogP contribution in [-0.4, -0.2) is 28.3 Å². The Balaban J connectivity index is -0.00000162. The van der Waals surface area contributed by atoms with E-state index in [9.17, 15) is 9.59 Å². The predicted octanol–water partition coefficient (Wildman–Crippen LogP) is -0.669. The summed E-state index contributed by atoms with van der Waals surface area (Å²) in [4.78, 5) is 22.8. The molecule has 1 atom stereocenters. The van der Waals surface area contributed by atoms with Crippen molar-refractivity contribution < 1.29 is 72.2 Å². The van der Waals surface area contributed by atoms with Crippen LogP contribution in [0.25, 0.3) is 0 Å². The third-order valence-electron chi connectivity index (χ3n) is 2.08. The monoisotopic (exact) mass is 308 g/mol. The van der Waals surface area contributed by atoms with Gasteiger partial charge in [-0.3, -0.25) is 0 Å². The second kappa shape index (κ2) is 9.53. The molecule has 0 aromatic carbocycles. The van der Waals surface area contributed by atoms with Crippen molar-refractivity contribution in [3.05, 3.63) is 12.2 Å². The van der Waals surface area contributed by atoms with Crippen LogP contribution in [0, 0.1) is 11.3 Å². The van der Waals surface area contributed by atoms with Gasteiger partial charge in [-0.25, -0.2) is 9.59 Å². The van der Waals surface area contributed by atoms with E-state index in [0.717, 1.165) is 0 Å². The van der Waals surface area contributed by atoms with Gasteiger partial charge in [0.1, 0.15) is 5.60 Å². The van der Waals surface area contributed by atoms with Gasteiger partial charge in [-0.2, -0.15) is 5.26 Å². The maximum absolute atomic E-state index is 11.6. The SMILES string of the molecule is CC(C)(C)OC(=O)NC(C)(C=CCCC#N)C(=O)O.[H-].[K+]. The van der Waals surface area contributed by atoms with Crippen molar-refractivity contribution in [2.45, 2.75) is 51.7 Å². The molecule has 20 heavy (non-hydrogen) atoms. The molecular weight excluding hydrogens is 287 g/mol. The number of ether oxygens (including phenoxy) is 1. The first kappa shape index (κ1) is 21.9. The summed E-state index contributed by atoms with van der Waals surface area (Å²) in [6.45, 7) is 6.41. The molecule has 0 saturated carbocycles. The summed E-state index contributed by atoms with van der Waals surface area (Å²) in [7, 11) is 0. The first-order chi connectivity index (χ1) is 8.60. The molecule has 0 radical (unpaired) electrons. The third-order valence-corrected chi connectivity index (χ3v) is 2.08. The van der Waals surface area contributed by atoms with Crippen molar-refractivity contribution in [1.29, 1.82) is 5.26 Å². The number of carbonyl (C=O) groups is 2. The molecule has 6 nitrogen and oxygen atoms in total. The van der Waals surface area contributed by atoms with Crippen LogP contribution in [-0.2, 0) is 9.53 Å². The van der Waals surface area contributed by atoms with Crippen LogP contribution in [0.4, 0.5) is 4.79 Å². The molecule has 0 bridgehead atoms. The van der Waals surface area contributed by atoms with E-state index < -0.39 is 23.2 Å². The van der Waals surface area contributed by atoms with Crippen LogP contribution >= 0.6 is 0 Å². The number of aliphatic carboxylic acids is 1. The molecule has 108 valence electrons. The molecule has 0 aliphatic carbocycles. The maximum atomic E-state index is 11.6. The van der Waals surface area contributed by atoms with Crippen molar-refractivity contribution in [2.75, 3.05) is 0 Å². The van der Waals surface area contributed by atoms with Gasteiger partial charge in [0.2, 0.25) is 0 Å². The number of carbonyl (C=O) groups excluding carboxylic acids is 1. The van der Waals surface area contributed by atoms with Crippen molar-refractivity contribution in [2.24, 2.45) is 0 Å². The van der Waals surface area contributed by atoms with Gasteiger partial charge < -0.3 is 16.6 Å². The number of allylic oxidation sites excluding steroid dienone is 1. The molecule has 0 aromatic heterocycles. The van der Waals surface area contributed by atoms with Gasteiger partial charge in [0, 0.05) is 6.42 Å². The number of hydrogen-bond acceptors (Lipinski definition) is 4. The fourth-order valence-corrected chi connectivity index (χ4v) is 1.15. The number of nitrogens with zero attached hydrogens (tertiary/aromatic N) is 1. The van der Waals surface area contributed by atoms with E-state index in [1.165, 1.54) is 13.0 Å². The van der Waals surface area contributed by atoms with Gasteiger partial charge in [0.15, 0.2) is 5.54 Å². The number of carboxylic acid groups (broad SMARTS) is 1. The summed E-state index contributed by atoms with van der Waals surface area (Å²) in [6, 6.07) is 1.94. The molecule has 1 amide bonds. The number of nitrogens with one attached hydrogen (secondary N) is 1. The number of amides is 1. The molecule has 0 heterocycles. The Bertz CT molecular complexity index is 415. The number of alkyl carbamates (subject to hydrolysis) is 1. The predicted molar refractivity (Wildman–Crippen MR) is 70.5 cm³/mol. The molecule has 0 aliphatic heterocycles. The first-order valence-electron chi connectivity index (χ1n) is 5.90. The Morgan fingerprint density at radius 3 is 2.35 bits per heavy atom. The summed E-state index contributed by atoms with van der Waals surface area (Å²) in [5, 5.41) is 19.8. The summed E-state index contributed by atoms with van der Waals surface area (Å²) < 4.78 is 5.01. The first-order valence-corrected chi connectivity index (χ1v) is 5.90. The Labute approximate surface area is 163 Å². The Morgan fingerprint density at radius 1 is 1.40 bits per heavy atom. The summed E-state index contributed by atoms with van der Waals surface area (Å²) >= 11 is 0. The number of carboxylic acids is 1. The number of unbranched alkanes of at least 4 members (excludes halogenated alkanes) is 1. The molecule has 0 fully saturated rings. The molecule has 0 rings (SSSR count). The molecule has 0 aromatic rings. The molecule has 0 aliphatic rings. The Morgan fingerprint density at radius 2 is 1.95 bits per heavy atom. The molecule has 1 unspecified atom stereocenters. The average Bonchev–Trinajstić information content (AvgIpc) is 2.21. The topological polar surface area (TPSA) is 99.4 Å². The van der Waals surface area contributed by atoms with Gasteiger partial charge in [0.25, 0.3) is 0 Å². The maximum Gasteiger partial charge on any atom is 1.00 e. The standard InChI is InChI=1S/C13H20N2O4.K.H/c1-12(2,3)19-11(18)15-13(4,10(16)17)8-6-5-7-9-14;;/h6,8H,5,7H2,1-4H3,(H,15,18)(H,16,17);;/q;+1;-1. The molecule has 7 heteroatoms. The van der Waals surface area contributed by atoms with E-state index in [4.69, 9.17) is 15.1 Å². The second-order valence-electron chi connectivity index (χ2n) is 5.23. The fraction of sp³-hybridized carbons (Fsp3) is 0.615. The zero-order valence-corrected chi connectivity index (χ0v) is 15.8. The zero-order chi connectivity index (χ0) is 15.1. The number of rotatable bonds is 5. The van der Waals surface area contributed by atoms with Crippen molar-refractivity contribution in [3.8, 4) is 6.07 Å². The third kappa shape index (κ3) is 9.50. The Kier molecular flexibility index (Phi) is 10.4. The minimum absolute atomic E-state index is 0. The molecular formula is C13H21KN2O4. The van der Waals surface area contributed by atoms with E-state index in [1.807, 2.05) is 6.07 Å². The number of nitriles is 1. The van der Waals surface area contributed by atoms with Gasteiger partial charge >= 0.3 is 63.4 Å². The zero-order valence-electron chi connectivity index (χ0n) is 13.7. The largest absolute Gasteiger partial charge is 1.00 e. The van der Waals surface area contributed by atoms with E-state index in [-0.39, 0.29) is 52.8 Å². The van der Waals surface area contributed by atoms with E-state index in [2.05, 4.69) is 5.32 Å². The molecule has 0 saturated heterocycles. The van der Waals surface area contributed by atoms with Crippen LogP contribution in [0.1, 0.15) is 42.0 Å². The summed E-state index contributed by atoms with van der Waals surface area (Å²) in [5.41, 5.74) is -2.26. The smallest absolute Gasteiger partial charge is 1.00 e. The van der Waals surface area contributed by atoms with Crippen LogP contribution < -0.4 is 56.7 Å². The fourth-order valence-electron chi connectivity index (χ4n) is 1.15. The minimum atomic E-state index is -1.56. The van der Waals surface area contributed by atoms with E-state index in [1.54, 1.807) is 26.8 Å². The van der Waals surface area contributed by atoms with Crippen LogP contribution in [0.2, 0.25) is 0 Å².